The lowest BCUT2D eigenvalue weighted by Crippen LogP contribution is -2.46. The summed E-state index contributed by atoms with van der Waals surface area (Å²) in [5.74, 6) is -0.693. The Bertz CT molecular complexity index is 611. The molecule has 1 saturated heterocycles. The smallest absolute Gasteiger partial charge is 0.407 e. The fraction of sp³-hybridized carbons (Fsp3) is 0.556. The summed E-state index contributed by atoms with van der Waals surface area (Å²) in [6.45, 7) is 2.43. The maximum Gasteiger partial charge on any atom is 0.407 e. The average molecular weight is 406 g/mol. The predicted molar refractivity (Wildman–Crippen MR) is 101 cm³/mol. The summed E-state index contributed by atoms with van der Waals surface area (Å²) < 4.78 is 0. The normalized spacial score (nSPS) is 17.8. The molecule has 2 rings (SSSR count). The van der Waals surface area contributed by atoms with Crippen molar-refractivity contribution in [3.63, 3.8) is 0 Å². The monoisotopic (exact) mass is 405 g/mol. The first kappa shape index (κ1) is 22.5. The van der Waals surface area contributed by atoms with Gasteiger partial charge in [0, 0.05) is 13.0 Å². The van der Waals surface area contributed by atoms with E-state index in [1.165, 1.54) is 4.90 Å². The number of hydrogen-bond acceptors (Lipinski definition) is 3. The summed E-state index contributed by atoms with van der Waals surface area (Å²) in [6.07, 6.45) is 2.59. The Kier molecular flexibility index (Phi) is 9.76. The van der Waals surface area contributed by atoms with Gasteiger partial charge >= 0.3 is 12.1 Å². The third-order valence-electron chi connectivity index (χ3n) is 4.19. The predicted octanol–water partition coefficient (Wildman–Crippen LogP) is 4.82. The highest BCUT2D eigenvalue weighted by Crippen LogP contribution is 2.32. The molecule has 1 amide bonds. The Hall–Kier alpha value is -1.50. The number of aliphatic hydroxyl groups excluding tert-OH is 1. The van der Waals surface area contributed by atoms with Crippen molar-refractivity contribution < 1.29 is 24.9 Å². The highest BCUT2D eigenvalue weighted by atomic mass is 35.5. The third-order valence-corrected chi connectivity index (χ3v) is 4.93. The number of aliphatic hydroxyl groups is 1. The lowest BCUT2D eigenvalue weighted by Gasteiger charge is -2.36. The molecule has 1 fully saturated rings. The number of halogens is 2. The minimum absolute atomic E-state index is 0.316. The quantitative estimate of drug-likeness (QED) is 0.651. The Morgan fingerprint density at radius 1 is 1.23 bits per heavy atom. The van der Waals surface area contributed by atoms with E-state index in [0.717, 1.165) is 25.7 Å². The summed E-state index contributed by atoms with van der Waals surface area (Å²) in [5, 5.41) is 28.4. The zero-order chi connectivity index (χ0) is 19.7. The molecule has 26 heavy (non-hydrogen) atoms. The van der Waals surface area contributed by atoms with E-state index in [2.05, 4.69) is 0 Å². The fourth-order valence-corrected chi connectivity index (χ4v) is 3.08. The first-order valence-corrected chi connectivity index (χ1v) is 9.37. The molecule has 1 aliphatic rings. The number of carboxylic acid groups (broad SMARTS) is 2. The lowest BCUT2D eigenvalue weighted by molar-refractivity contribution is -0.137. The molecule has 0 aromatic heterocycles. The van der Waals surface area contributed by atoms with Crippen LogP contribution in [0.1, 0.15) is 57.1 Å². The molecule has 2 atom stereocenters. The average Bonchev–Trinajstić information content (AvgIpc) is 2.62. The van der Waals surface area contributed by atoms with Crippen LogP contribution in [-0.2, 0) is 4.79 Å². The van der Waals surface area contributed by atoms with Gasteiger partial charge in [0.15, 0.2) is 0 Å². The number of unbranched alkanes of at least 4 members (excludes halogenated alkanes) is 1. The molecule has 1 unspecified atom stereocenters. The summed E-state index contributed by atoms with van der Waals surface area (Å²) >= 11 is 11.8. The van der Waals surface area contributed by atoms with Crippen molar-refractivity contribution in [1.82, 2.24) is 4.90 Å². The maximum absolute atomic E-state index is 11.2. The van der Waals surface area contributed by atoms with Gasteiger partial charge in [-0.25, -0.2) is 4.79 Å². The van der Waals surface area contributed by atoms with Crippen LogP contribution in [0.15, 0.2) is 18.2 Å². The van der Waals surface area contributed by atoms with Crippen molar-refractivity contribution in [1.29, 1.82) is 0 Å². The molecule has 1 aromatic carbocycles. The van der Waals surface area contributed by atoms with E-state index in [4.69, 9.17) is 28.3 Å². The van der Waals surface area contributed by atoms with Gasteiger partial charge in [-0.3, -0.25) is 4.79 Å². The summed E-state index contributed by atoms with van der Waals surface area (Å²) in [7, 11) is 0. The van der Waals surface area contributed by atoms with Crippen molar-refractivity contribution in [2.75, 3.05) is 6.54 Å². The standard InChI is InChI=1S/C13H15Cl2NO3.C5H10O2/c14-9-5-4-8(7-10(9)15)12(17)11-3-1-2-6-16(11)13(18)19;1-2-3-4-5(6)7/h4-5,7,11-12,17H,1-3,6H2,(H,18,19);2-4H2,1H3,(H,6,7)/t11-,12?;/m1./s1. The van der Waals surface area contributed by atoms with E-state index >= 15 is 0 Å². The summed E-state index contributed by atoms with van der Waals surface area (Å²) in [5.41, 5.74) is 0.590. The number of rotatable bonds is 5. The fourth-order valence-electron chi connectivity index (χ4n) is 2.77. The Morgan fingerprint density at radius 3 is 2.42 bits per heavy atom. The minimum atomic E-state index is -0.996. The molecule has 1 aliphatic heterocycles. The van der Waals surface area contributed by atoms with E-state index in [1.807, 2.05) is 6.92 Å². The summed E-state index contributed by atoms with van der Waals surface area (Å²) in [6, 6.07) is 4.44. The Balaban J connectivity index is 0.000000412. The zero-order valence-electron chi connectivity index (χ0n) is 14.7. The lowest BCUT2D eigenvalue weighted by atomic mass is 9.93. The van der Waals surface area contributed by atoms with Gasteiger partial charge < -0.3 is 20.2 Å². The van der Waals surface area contributed by atoms with Gasteiger partial charge in [0.05, 0.1) is 22.2 Å². The molecule has 0 bridgehead atoms. The third kappa shape index (κ3) is 7.02. The number of likely N-dealkylation sites (tertiary alicyclic amines) is 1. The molecular formula is C18H25Cl2NO5. The van der Waals surface area contributed by atoms with Crippen molar-refractivity contribution in [2.24, 2.45) is 0 Å². The van der Waals surface area contributed by atoms with Crippen LogP contribution >= 0.6 is 23.2 Å². The Morgan fingerprint density at radius 2 is 1.92 bits per heavy atom. The van der Waals surface area contributed by atoms with Crippen LogP contribution in [0.2, 0.25) is 10.0 Å². The number of carbonyl (C=O) groups is 2. The van der Waals surface area contributed by atoms with E-state index in [0.29, 0.717) is 35.0 Å². The van der Waals surface area contributed by atoms with Crippen LogP contribution in [0.5, 0.6) is 0 Å². The number of nitrogens with zero attached hydrogens (tertiary/aromatic N) is 1. The van der Waals surface area contributed by atoms with E-state index < -0.39 is 24.2 Å². The molecule has 0 saturated carbocycles. The van der Waals surface area contributed by atoms with Gasteiger partial charge in [-0.1, -0.05) is 42.6 Å². The number of benzene rings is 1. The van der Waals surface area contributed by atoms with Crippen molar-refractivity contribution >= 4 is 35.3 Å². The maximum atomic E-state index is 11.2. The molecule has 0 spiro atoms. The van der Waals surface area contributed by atoms with Crippen LogP contribution in [0.3, 0.4) is 0 Å². The molecular weight excluding hydrogens is 381 g/mol. The molecule has 6 nitrogen and oxygen atoms in total. The van der Waals surface area contributed by atoms with Gasteiger partial charge in [-0.2, -0.15) is 0 Å². The first-order chi connectivity index (χ1) is 12.3. The molecule has 8 heteroatoms. The molecule has 0 aliphatic carbocycles. The van der Waals surface area contributed by atoms with Gasteiger partial charge in [0.2, 0.25) is 0 Å². The largest absolute Gasteiger partial charge is 0.481 e. The SMILES string of the molecule is CCCCC(=O)O.O=C(O)N1CCCC[C@@H]1C(O)c1ccc(Cl)c(Cl)c1. The van der Waals surface area contributed by atoms with Crippen molar-refractivity contribution in [2.45, 2.75) is 57.6 Å². The second-order valence-corrected chi connectivity index (χ2v) is 6.97. The topological polar surface area (TPSA) is 98.1 Å². The minimum Gasteiger partial charge on any atom is -0.481 e. The molecule has 0 radical (unpaired) electrons. The van der Waals surface area contributed by atoms with Gasteiger partial charge in [0.1, 0.15) is 0 Å². The van der Waals surface area contributed by atoms with Gasteiger partial charge in [0.25, 0.3) is 0 Å². The molecule has 1 aromatic rings. The van der Waals surface area contributed by atoms with Gasteiger partial charge in [-0.15, -0.1) is 0 Å². The number of hydrogen-bond donors (Lipinski definition) is 3. The zero-order valence-corrected chi connectivity index (χ0v) is 16.2. The molecule has 146 valence electrons. The van der Waals surface area contributed by atoms with Crippen LogP contribution in [0.4, 0.5) is 4.79 Å². The summed E-state index contributed by atoms with van der Waals surface area (Å²) in [4.78, 5) is 22.2. The number of piperidine rings is 1. The second-order valence-electron chi connectivity index (χ2n) is 6.15. The van der Waals surface area contributed by atoms with Crippen LogP contribution < -0.4 is 0 Å². The molecule has 3 N–H and O–H groups in total. The van der Waals surface area contributed by atoms with Crippen molar-refractivity contribution in [3.05, 3.63) is 33.8 Å². The van der Waals surface area contributed by atoms with Crippen LogP contribution in [-0.4, -0.2) is 44.9 Å². The first-order valence-electron chi connectivity index (χ1n) is 8.62. The number of carboxylic acids is 1. The van der Waals surface area contributed by atoms with Gasteiger partial charge in [-0.05, 0) is 43.4 Å². The van der Waals surface area contributed by atoms with E-state index in [-0.39, 0.29) is 0 Å². The van der Waals surface area contributed by atoms with Crippen LogP contribution in [0.25, 0.3) is 0 Å². The highest BCUT2D eigenvalue weighted by molar-refractivity contribution is 6.42. The number of amides is 1. The van der Waals surface area contributed by atoms with Crippen LogP contribution in [0, 0.1) is 0 Å². The molecule has 1 heterocycles. The Labute approximate surface area is 163 Å². The van der Waals surface area contributed by atoms with Crippen molar-refractivity contribution in [3.8, 4) is 0 Å². The highest BCUT2D eigenvalue weighted by Gasteiger charge is 2.32. The van der Waals surface area contributed by atoms with E-state index in [1.54, 1.807) is 18.2 Å². The van der Waals surface area contributed by atoms with E-state index in [9.17, 15) is 19.8 Å². The second kappa shape index (κ2) is 11.3. The number of aliphatic carboxylic acids is 1.